The van der Waals surface area contributed by atoms with Crippen LogP contribution in [0.2, 0.25) is 5.02 Å². The van der Waals surface area contributed by atoms with Crippen molar-refractivity contribution >= 4 is 40.2 Å². The third-order valence-corrected chi connectivity index (χ3v) is 4.24. The zero-order valence-corrected chi connectivity index (χ0v) is 12.7. The summed E-state index contributed by atoms with van der Waals surface area (Å²) in [6.45, 7) is 2.22. The van der Waals surface area contributed by atoms with E-state index in [1.54, 1.807) is 0 Å². The van der Waals surface area contributed by atoms with Crippen molar-refractivity contribution in [3.05, 3.63) is 58.6 Å². The molecule has 0 saturated heterocycles. The van der Waals surface area contributed by atoms with Crippen molar-refractivity contribution in [3.8, 4) is 0 Å². The Kier molecular flexibility index (Phi) is 3.40. The van der Waals surface area contributed by atoms with E-state index in [-0.39, 0.29) is 0 Å². The van der Waals surface area contributed by atoms with Crippen LogP contribution in [-0.4, -0.2) is 11.0 Å². The van der Waals surface area contributed by atoms with Crippen LogP contribution in [0.25, 0.3) is 0 Å². The van der Waals surface area contributed by atoms with Crippen molar-refractivity contribution in [1.29, 1.82) is 0 Å². The summed E-state index contributed by atoms with van der Waals surface area (Å²) in [6.07, 6.45) is 1.05. The standard InChI is InChI=1S/C16H15ClN2S/c1-10-8-11-4-2-3-5-15(11)19(10)12-6-7-13(16(18)20)14(17)9-12/h2-7,9-10H,8H2,1H3,(H2,18,20). The number of benzene rings is 2. The van der Waals surface area contributed by atoms with Gasteiger partial charge < -0.3 is 10.6 Å². The fourth-order valence-corrected chi connectivity index (χ4v) is 3.32. The number of thiocarbonyl (C=S) groups is 1. The maximum atomic E-state index is 6.28. The summed E-state index contributed by atoms with van der Waals surface area (Å²) in [5, 5.41) is 0.603. The van der Waals surface area contributed by atoms with Gasteiger partial charge in [-0.25, -0.2) is 0 Å². The highest BCUT2D eigenvalue weighted by Crippen LogP contribution is 2.39. The lowest BCUT2D eigenvalue weighted by molar-refractivity contribution is 0.759. The number of fused-ring (bicyclic) bond motifs is 1. The lowest BCUT2D eigenvalue weighted by Gasteiger charge is -2.25. The Bertz CT molecular complexity index is 684. The van der Waals surface area contributed by atoms with E-state index in [1.165, 1.54) is 11.3 Å². The summed E-state index contributed by atoms with van der Waals surface area (Å²) in [6, 6.07) is 14.7. The van der Waals surface area contributed by atoms with Crippen LogP contribution >= 0.6 is 23.8 Å². The number of rotatable bonds is 2. The van der Waals surface area contributed by atoms with Crippen molar-refractivity contribution in [2.45, 2.75) is 19.4 Å². The number of nitrogens with two attached hydrogens (primary N) is 1. The molecule has 0 aliphatic carbocycles. The summed E-state index contributed by atoms with van der Waals surface area (Å²) in [5.41, 5.74) is 10.1. The Balaban J connectivity index is 2.06. The van der Waals surface area contributed by atoms with E-state index in [9.17, 15) is 0 Å². The number of halogens is 1. The van der Waals surface area contributed by atoms with Crippen molar-refractivity contribution < 1.29 is 0 Å². The molecule has 2 aromatic carbocycles. The minimum atomic E-state index is 0.330. The van der Waals surface area contributed by atoms with Gasteiger partial charge in [0, 0.05) is 23.0 Å². The van der Waals surface area contributed by atoms with Gasteiger partial charge >= 0.3 is 0 Å². The second-order valence-electron chi connectivity index (χ2n) is 5.08. The first-order chi connectivity index (χ1) is 9.58. The third kappa shape index (κ3) is 2.17. The molecule has 2 nitrogen and oxygen atoms in total. The van der Waals surface area contributed by atoms with Crippen LogP contribution in [0.4, 0.5) is 11.4 Å². The summed E-state index contributed by atoms with van der Waals surface area (Å²) in [5.74, 6) is 0. The SMILES string of the molecule is CC1Cc2ccccc2N1c1ccc(C(N)=S)c(Cl)c1. The average molecular weight is 303 g/mol. The van der Waals surface area contributed by atoms with Gasteiger partial charge in [-0.2, -0.15) is 0 Å². The van der Waals surface area contributed by atoms with Crippen LogP contribution < -0.4 is 10.6 Å². The molecule has 102 valence electrons. The lowest BCUT2D eigenvalue weighted by atomic mass is 10.1. The van der Waals surface area contributed by atoms with Crippen LogP contribution in [0.5, 0.6) is 0 Å². The van der Waals surface area contributed by atoms with Gasteiger partial charge in [0.2, 0.25) is 0 Å². The molecule has 0 fully saturated rings. The predicted octanol–water partition coefficient (Wildman–Crippen LogP) is 4.06. The second-order valence-corrected chi connectivity index (χ2v) is 5.93. The first-order valence-corrected chi connectivity index (χ1v) is 7.33. The highest BCUT2D eigenvalue weighted by Gasteiger charge is 2.27. The molecule has 1 aliphatic heterocycles. The maximum Gasteiger partial charge on any atom is 0.105 e. The summed E-state index contributed by atoms with van der Waals surface area (Å²) in [4.78, 5) is 2.64. The molecule has 0 radical (unpaired) electrons. The number of anilines is 2. The molecule has 2 aromatic rings. The number of nitrogens with zero attached hydrogens (tertiary/aromatic N) is 1. The number of hydrogen-bond donors (Lipinski definition) is 1. The Labute approximate surface area is 129 Å². The van der Waals surface area contributed by atoms with Gasteiger partial charge in [0.05, 0.1) is 5.02 Å². The van der Waals surface area contributed by atoms with Gasteiger partial charge in [-0.15, -0.1) is 0 Å². The van der Waals surface area contributed by atoms with Crippen molar-refractivity contribution in [1.82, 2.24) is 0 Å². The molecule has 0 spiro atoms. The molecule has 1 aliphatic rings. The van der Waals surface area contributed by atoms with Crippen LogP contribution in [0, 0.1) is 0 Å². The molecule has 1 unspecified atom stereocenters. The van der Waals surface area contributed by atoms with E-state index < -0.39 is 0 Å². The van der Waals surface area contributed by atoms with E-state index >= 15 is 0 Å². The smallest absolute Gasteiger partial charge is 0.105 e. The molecule has 4 heteroatoms. The van der Waals surface area contributed by atoms with Gasteiger partial charge in [-0.1, -0.05) is 42.0 Å². The second kappa shape index (κ2) is 5.08. The molecule has 0 saturated carbocycles. The fourth-order valence-electron chi connectivity index (χ4n) is 2.81. The highest BCUT2D eigenvalue weighted by atomic mass is 35.5. The van der Waals surface area contributed by atoms with E-state index in [0.29, 0.717) is 16.1 Å². The molecule has 2 N–H and O–H groups in total. The van der Waals surface area contributed by atoms with Crippen LogP contribution in [0.3, 0.4) is 0 Å². The molecule has 3 rings (SSSR count). The molecule has 0 bridgehead atoms. The summed E-state index contributed by atoms with van der Waals surface area (Å²) < 4.78 is 0. The Morgan fingerprint density at radius 3 is 2.75 bits per heavy atom. The molecular formula is C16H15ClN2S. The molecule has 0 amide bonds. The first kappa shape index (κ1) is 13.4. The van der Waals surface area contributed by atoms with Crippen molar-refractivity contribution in [3.63, 3.8) is 0 Å². The van der Waals surface area contributed by atoms with E-state index in [0.717, 1.165) is 17.7 Å². The summed E-state index contributed by atoms with van der Waals surface area (Å²) in [7, 11) is 0. The van der Waals surface area contributed by atoms with Gasteiger partial charge in [0.1, 0.15) is 4.99 Å². The van der Waals surface area contributed by atoms with Crippen LogP contribution in [0.1, 0.15) is 18.1 Å². The zero-order chi connectivity index (χ0) is 14.3. The first-order valence-electron chi connectivity index (χ1n) is 6.54. The minimum Gasteiger partial charge on any atom is -0.389 e. The molecule has 0 aromatic heterocycles. The molecule has 1 atom stereocenters. The Morgan fingerprint density at radius 2 is 2.05 bits per heavy atom. The normalized spacial score (nSPS) is 17.1. The van der Waals surface area contributed by atoms with E-state index in [2.05, 4.69) is 36.1 Å². The predicted molar refractivity (Wildman–Crippen MR) is 89.1 cm³/mol. The van der Waals surface area contributed by atoms with E-state index in [4.69, 9.17) is 29.6 Å². The fraction of sp³-hybridized carbons (Fsp3) is 0.188. The Morgan fingerprint density at radius 1 is 1.30 bits per heavy atom. The lowest BCUT2D eigenvalue weighted by Crippen LogP contribution is -2.24. The topological polar surface area (TPSA) is 29.3 Å². The van der Waals surface area contributed by atoms with Gasteiger partial charge in [-0.3, -0.25) is 0 Å². The Hall–Kier alpha value is -1.58. The molecular weight excluding hydrogens is 288 g/mol. The van der Waals surface area contributed by atoms with Crippen LogP contribution in [-0.2, 0) is 6.42 Å². The van der Waals surface area contributed by atoms with Crippen molar-refractivity contribution in [2.24, 2.45) is 5.73 Å². The highest BCUT2D eigenvalue weighted by molar-refractivity contribution is 7.80. The summed E-state index contributed by atoms with van der Waals surface area (Å²) >= 11 is 11.3. The minimum absolute atomic E-state index is 0.330. The van der Waals surface area contributed by atoms with Gasteiger partial charge in [0.15, 0.2) is 0 Å². The van der Waals surface area contributed by atoms with Crippen molar-refractivity contribution in [2.75, 3.05) is 4.90 Å². The van der Waals surface area contributed by atoms with Gasteiger partial charge in [0.25, 0.3) is 0 Å². The van der Waals surface area contributed by atoms with Crippen LogP contribution in [0.15, 0.2) is 42.5 Å². The largest absolute Gasteiger partial charge is 0.389 e. The molecule has 1 heterocycles. The molecule has 20 heavy (non-hydrogen) atoms. The average Bonchev–Trinajstić information content (AvgIpc) is 2.73. The third-order valence-electron chi connectivity index (χ3n) is 3.70. The zero-order valence-electron chi connectivity index (χ0n) is 11.1. The van der Waals surface area contributed by atoms with Gasteiger partial charge in [-0.05, 0) is 43.2 Å². The maximum absolute atomic E-state index is 6.28. The quantitative estimate of drug-likeness (QED) is 0.848. The monoisotopic (exact) mass is 302 g/mol. The van der Waals surface area contributed by atoms with E-state index in [1.807, 2.05) is 18.2 Å². The number of para-hydroxylation sites is 1. The number of hydrogen-bond acceptors (Lipinski definition) is 2.